The van der Waals surface area contributed by atoms with Crippen LogP contribution in [0.15, 0.2) is 72.8 Å². The maximum atomic E-state index is 14.6. The van der Waals surface area contributed by atoms with E-state index in [-0.39, 0.29) is 12.0 Å². The number of fused-ring (bicyclic) bond motifs is 1. The Bertz CT molecular complexity index is 1670. The lowest BCUT2D eigenvalue weighted by Crippen LogP contribution is -2.30. The number of rotatable bonds is 11. The average molecular weight is 631 g/mol. The molecule has 45 heavy (non-hydrogen) atoms. The predicted octanol–water partition coefficient (Wildman–Crippen LogP) is 8.57. The average Bonchev–Trinajstić information content (AvgIpc) is 3.03. The van der Waals surface area contributed by atoms with Crippen LogP contribution < -0.4 is 18.9 Å². The molecule has 0 bridgehead atoms. The molecule has 0 unspecified atom stereocenters. The number of ether oxygens (including phenoxy) is 4. The lowest BCUT2D eigenvalue weighted by Gasteiger charge is -2.22. The van der Waals surface area contributed by atoms with Gasteiger partial charge >= 0.3 is 0 Å². The van der Waals surface area contributed by atoms with E-state index in [1.54, 1.807) is 33.5 Å². The van der Waals surface area contributed by atoms with E-state index in [1.807, 2.05) is 18.2 Å². The molecule has 236 valence electrons. The largest absolute Gasteiger partial charge is 0.493 e. The Morgan fingerprint density at radius 1 is 0.822 bits per heavy atom. The molecule has 1 aliphatic heterocycles. The van der Waals surface area contributed by atoms with Gasteiger partial charge in [0.1, 0.15) is 19.0 Å². The van der Waals surface area contributed by atoms with Gasteiger partial charge < -0.3 is 18.9 Å². The summed E-state index contributed by atoms with van der Waals surface area (Å²) in [6.07, 6.45) is 2.57. The van der Waals surface area contributed by atoms with E-state index >= 15 is 0 Å². The Morgan fingerprint density at radius 2 is 1.51 bits per heavy atom. The minimum atomic E-state index is -0.401. The molecule has 1 heterocycles. The second-order valence-electron chi connectivity index (χ2n) is 12.4. The molecule has 5 rings (SSSR count). The molecule has 5 nitrogen and oxygen atoms in total. The fourth-order valence-electron chi connectivity index (χ4n) is 5.89. The summed E-state index contributed by atoms with van der Waals surface area (Å²) < 4.78 is 40.3. The van der Waals surface area contributed by atoms with Crippen molar-refractivity contribution in [3.05, 3.63) is 117 Å². The molecule has 4 aromatic rings. The maximum absolute atomic E-state index is 14.6. The zero-order chi connectivity index (χ0) is 32.1. The van der Waals surface area contributed by atoms with Gasteiger partial charge in [-0.2, -0.15) is 0 Å². The van der Waals surface area contributed by atoms with Crippen LogP contribution in [0.3, 0.4) is 0 Å². The minimum Gasteiger partial charge on any atom is -0.493 e. The fourth-order valence-corrected chi connectivity index (χ4v) is 6.11. The number of hydrogen-bond donors (Lipinski definition) is 0. The standard InChI is InChI=1S/C38H42ClFNO4/c1-38(2,3)28-16-13-25(14-17-28)15-18-33-29-22-36(44-6)35(43-5)21-26(29)19-20-41(33)23-27-9-7-12-34(42-4)37(27)45-24-30-31(39)10-8-11-32(30)40/h7-14,16-17,21-22H,15,18-20,23-24H2,1-6H3/q+1. The van der Waals surface area contributed by atoms with E-state index in [4.69, 9.17) is 30.5 Å². The number of halogens is 2. The van der Waals surface area contributed by atoms with Crippen molar-refractivity contribution in [2.45, 2.75) is 58.6 Å². The lowest BCUT2D eigenvalue weighted by atomic mass is 9.86. The van der Waals surface area contributed by atoms with Gasteiger partial charge in [0.25, 0.3) is 0 Å². The Hall–Kier alpha value is -4.03. The molecule has 1 aliphatic rings. The number of methoxy groups -OCH3 is 3. The van der Waals surface area contributed by atoms with Crippen molar-refractivity contribution in [2.24, 2.45) is 0 Å². The highest BCUT2D eigenvalue weighted by Crippen LogP contribution is 2.36. The van der Waals surface area contributed by atoms with Crippen molar-refractivity contribution in [2.75, 3.05) is 27.9 Å². The first-order valence-electron chi connectivity index (χ1n) is 15.3. The van der Waals surface area contributed by atoms with Crippen molar-refractivity contribution in [1.29, 1.82) is 0 Å². The first kappa shape index (κ1) is 32.4. The van der Waals surface area contributed by atoms with Crippen molar-refractivity contribution in [3.8, 4) is 23.0 Å². The molecule has 0 amide bonds. The number of aryl methyl sites for hydroxylation is 1. The normalized spacial score (nSPS) is 13.0. The molecular formula is C38H42ClFNO4+. The second kappa shape index (κ2) is 13.9. The number of nitrogens with zero attached hydrogens (tertiary/aromatic N) is 1. The summed E-state index contributed by atoms with van der Waals surface area (Å²) in [5.74, 6) is 2.20. The summed E-state index contributed by atoms with van der Waals surface area (Å²) in [5, 5.41) is 0.328. The first-order valence-corrected chi connectivity index (χ1v) is 15.7. The Balaban J connectivity index is 1.52. The van der Waals surface area contributed by atoms with Crippen molar-refractivity contribution in [3.63, 3.8) is 0 Å². The summed E-state index contributed by atoms with van der Waals surface area (Å²) in [7, 11) is 4.95. The lowest BCUT2D eigenvalue weighted by molar-refractivity contribution is -0.545. The highest BCUT2D eigenvalue weighted by atomic mass is 35.5. The number of para-hydroxylation sites is 1. The molecular weight excluding hydrogens is 589 g/mol. The number of hydrogen-bond acceptors (Lipinski definition) is 4. The summed E-state index contributed by atoms with van der Waals surface area (Å²) in [4.78, 5) is 0. The first-order chi connectivity index (χ1) is 21.6. The molecule has 0 atom stereocenters. The SMILES string of the molecule is COc1cc2c(cc1OC)C(CCc1ccc(C(C)(C)C)cc1)=[N+](Cc1cccc(OC)c1OCc1c(F)cccc1Cl)CC2. The molecule has 0 fully saturated rings. The molecule has 0 radical (unpaired) electrons. The van der Waals surface area contributed by atoms with Crippen LogP contribution in [-0.4, -0.2) is 38.2 Å². The smallest absolute Gasteiger partial charge is 0.184 e. The van der Waals surface area contributed by atoms with E-state index in [9.17, 15) is 4.39 Å². The van der Waals surface area contributed by atoms with E-state index in [0.717, 1.165) is 42.7 Å². The Labute approximate surface area is 271 Å². The van der Waals surface area contributed by atoms with Crippen LogP contribution >= 0.6 is 11.6 Å². The summed E-state index contributed by atoms with van der Waals surface area (Å²) in [6.45, 7) is 8.09. The third-order valence-corrected chi connectivity index (χ3v) is 8.84. The molecule has 0 spiro atoms. The van der Waals surface area contributed by atoms with Crippen molar-refractivity contribution >= 4 is 17.3 Å². The van der Waals surface area contributed by atoms with Gasteiger partial charge in [-0.3, -0.25) is 0 Å². The van der Waals surface area contributed by atoms with Crippen LogP contribution in [0.5, 0.6) is 23.0 Å². The third-order valence-electron chi connectivity index (χ3n) is 8.49. The Kier molecular flexibility index (Phi) is 10.0. The quantitative estimate of drug-likeness (QED) is 0.156. The van der Waals surface area contributed by atoms with E-state index < -0.39 is 5.82 Å². The van der Waals surface area contributed by atoms with Crippen molar-refractivity contribution in [1.82, 2.24) is 0 Å². The van der Waals surface area contributed by atoms with Crippen molar-refractivity contribution < 1.29 is 27.9 Å². The second-order valence-corrected chi connectivity index (χ2v) is 12.8. The van der Waals surface area contributed by atoms with Gasteiger partial charge in [-0.25, -0.2) is 8.97 Å². The molecule has 4 aromatic carbocycles. The Morgan fingerprint density at radius 3 is 2.18 bits per heavy atom. The van der Waals surface area contributed by atoms with Crippen LogP contribution in [0.1, 0.15) is 60.6 Å². The van der Waals surface area contributed by atoms with Gasteiger partial charge in [0.2, 0.25) is 0 Å². The summed E-state index contributed by atoms with van der Waals surface area (Å²) >= 11 is 6.31. The summed E-state index contributed by atoms with van der Waals surface area (Å²) in [6, 6.07) is 23.7. The maximum Gasteiger partial charge on any atom is 0.184 e. The van der Waals surface area contributed by atoms with Gasteiger partial charge in [0, 0.05) is 24.0 Å². The van der Waals surface area contributed by atoms with Crippen LogP contribution in [-0.2, 0) is 31.4 Å². The van der Waals surface area contributed by atoms with E-state index in [2.05, 4.69) is 61.7 Å². The van der Waals surface area contributed by atoms with Crippen LogP contribution in [0.4, 0.5) is 4.39 Å². The van der Waals surface area contributed by atoms with Crippen LogP contribution in [0.25, 0.3) is 0 Å². The van der Waals surface area contributed by atoms with Crippen LogP contribution in [0, 0.1) is 5.82 Å². The molecule has 0 aromatic heterocycles. The van der Waals surface area contributed by atoms with Gasteiger partial charge in [-0.05, 0) is 64.9 Å². The molecule has 0 aliphatic carbocycles. The van der Waals surface area contributed by atoms with E-state index in [0.29, 0.717) is 34.4 Å². The third kappa shape index (κ3) is 7.28. The highest BCUT2D eigenvalue weighted by molar-refractivity contribution is 6.31. The zero-order valence-corrected chi connectivity index (χ0v) is 27.8. The van der Waals surface area contributed by atoms with Crippen LogP contribution in [0.2, 0.25) is 5.02 Å². The number of benzene rings is 4. The molecule has 0 saturated carbocycles. The van der Waals surface area contributed by atoms with E-state index in [1.165, 1.54) is 28.5 Å². The summed E-state index contributed by atoms with van der Waals surface area (Å²) in [5.41, 5.74) is 7.59. The predicted molar refractivity (Wildman–Crippen MR) is 178 cm³/mol. The minimum absolute atomic E-state index is 0.0140. The van der Waals surface area contributed by atoms with Gasteiger partial charge in [0.15, 0.2) is 35.3 Å². The zero-order valence-electron chi connectivity index (χ0n) is 27.0. The van der Waals surface area contributed by atoms with Gasteiger partial charge in [-0.15, -0.1) is 0 Å². The molecule has 7 heteroatoms. The van der Waals surface area contributed by atoms with Gasteiger partial charge in [0.05, 0.1) is 31.9 Å². The molecule has 0 saturated heterocycles. The topological polar surface area (TPSA) is 39.9 Å². The molecule has 0 N–H and O–H groups in total. The fraction of sp³-hybridized carbons (Fsp3) is 0.342. The van der Waals surface area contributed by atoms with Gasteiger partial charge in [-0.1, -0.05) is 68.8 Å². The monoisotopic (exact) mass is 630 g/mol. The highest BCUT2D eigenvalue weighted by Gasteiger charge is 2.29.